The van der Waals surface area contributed by atoms with Crippen LogP contribution in [0.5, 0.6) is 34.6 Å². The predicted molar refractivity (Wildman–Crippen MR) is 364 cm³/mol. The molecule has 1 aromatic heterocycles. The second-order valence-corrected chi connectivity index (χ2v) is 26.0. The maximum absolute atomic E-state index is 13.2. The SMILES string of the molecule is CC(C)c1cc(Cl)ccc1OC1CC1.CC1CN(C)c2cc(Cl)cc(C(C)C)c2O1.CCOc1ncc(Br)cc1C(C)C.COCOc1cc(Cl)c(Cl)cc1C(C)C.COCOc1cc(F)c(Cl)cc1C(C)C.COCOc1ccc(Cl)cc1C(C)C. The molecule has 0 radical (unpaired) electrons. The molecule has 19 heteroatoms. The fraction of sp³-hybridized carbons (Fsp3) is 0.485. The quantitative estimate of drug-likeness (QED) is 0.0725. The highest BCUT2D eigenvalue weighted by Crippen LogP contribution is 2.42. The molecule has 0 amide bonds. The van der Waals surface area contributed by atoms with Crippen LogP contribution in [0.3, 0.4) is 0 Å². The highest BCUT2D eigenvalue weighted by atomic mass is 79.9. The number of benzene rings is 5. The van der Waals surface area contributed by atoms with E-state index in [4.69, 9.17) is 112 Å². The molecule has 0 N–H and O–H groups in total. The smallest absolute Gasteiger partial charge is 0.216 e. The highest BCUT2D eigenvalue weighted by molar-refractivity contribution is 9.10. The van der Waals surface area contributed by atoms with Gasteiger partial charge in [0.15, 0.2) is 20.4 Å². The number of rotatable bonds is 19. The molecule has 11 nitrogen and oxygen atoms in total. The monoisotopic (exact) mass is 1390 g/mol. The fourth-order valence-electron chi connectivity index (χ4n) is 8.43. The lowest BCUT2D eigenvalue weighted by Gasteiger charge is -2.34. The minimum atomic E-state index is -0.479. The van der Waals surface area contributed by atoms with Crippen molar-refractivity contribution in [2.45, 2.75) is 157 Å². The molecule has 1 aliphatic heterocycles. The zero-order valence-corrected chi connectivity index (χ0v) is 59.9. The van der Waals surface area contributed by atoms with Crippen molar-refractivity contribution in [3.8, 4) is 34.6 Å². The van der Waals surface area contributed by atoms with E-state index in [2.05, 4.69) is 115 Å². The van der Waals surface area contributed by atoms with Crippen LogP contribution in [0.4, 0.5) is 10.1 Å². The van der Waals surface area contributed by atoms with Gasteiger partial charge in [0.2, 0.25) is 5.88 Å². The second kappa shape index (κ2) is 39.2. The van der Waals surface area contributed by atoms with Crippen LogP contribution in [-0.2, 0) is 14.2 Å². The summed E-state index contributed by atoms with van der Waals surface area (Å²) in [6, 6.07) is 24.0. The van der Waals surface area contributed by atoms with Gasteiger partial charge in [-0.25, -0.2) is 9.37 Å². The molecule has 1 unspecified atom stereocenters. The van der Waals surface area contributed by atoms with Gasteiger partial charge in [-0.15, -0.1) is 0 Å². The fourth-order valence-corrected chi connectivity index (χ4v) is 9.86. The minimum absolute atomic E-state index is 0.0980. The Hall–Kier alpha value is -4.12. The van der Waals surface area contributed by atoms with E-state index in [1.54, 1.807) is 32.5 Å². The van der Waals surface area contributed by atoms with Gasteiger partial charge in [0.05, 0.1) is 40.0 Å². The maximum Gasteiger partial charge on any atom is 0.216 e. The zero-order chi connectivity index (χ0) is 65.2. The zero-order valence-electron chi connectivity index (χ0n) is 53.7. The van der Waals surface area contributed by atoms with Gasteiger partial charge in [-0.2, -0.15) is 0 Å². The van der Waals surface area contributed by atoms with Gasteiger partial charge in [0.1, 0.15) is 40.7 Å². The van der Waals surface area contributed by atoms with Gasteiger partial charge in [0, 0.05) is 77.4 Å². The normalized spacial score (nSPS) is 13.2. The number of hydrogen-bond donors (Lipinski definition) is 0. The number of hydrogen-bond acceptors (Lipinski definition) is 11. The lowest BCUT2D eigenvalue weighted by Crippen LogP contribution is -2.36. The molecule has 0 saturated heterocycles. The number of likely N-dealkylation sites (N-methyl/N-ethyl adjacent to an activating group) is 1. The number of ether oxygens (including phenoxy) is 9. The molecule has 8 rings (SSSR count). The van der Waals surface area contributed by atoms with E-state index in [0.29, 0.717) is 58.1 Å². The Morgan fingerprint density at radius 3 is 1.46 bits per heavy atom. The number of fused-ring (bicyclic) bond motifs is 1. The molecule has 87 heavy (non-hydrogen) atoms. The summed E-state index contributed by atoms with van der Waals surface area (Å²) in [7, 11) is 6.77. The van der Waals surface area contributed by atoms with Gasteiger partial charge in [-0.05, 0) is 167 Å². The summed E-state index contributed by atoms with van der Waals surface area (Å²) in [6.07, 6.45) is 4.84. The average Bonchev–Trinajstić information content (AvgIpc) is 2.42. The molecule has 0 bridgehead atoms. The van der Waals surface area contributed by atoms with Crippen LogP contribution in [0.2, 0.25) is 30.1 Å². The van der Waals surface area contributed by atoms with Crippen LogP contribution in [0.25, 0.3) is 0 Å². The molecule has 2 aliphatic rings. The topological polar surface area (TPSA) is 99.2 Å². The lowest BCUT2D eigenvalue weighted by atomic mass is 10.00. The van der Waals surface area contributed by atoms with Crippen molar-refractivity contribution in [3.05, 3.63) is 159 Å². The number of pyridine rings is 1. The highest BCUT2D eigenvalue weighted by Gasteiger charge is 2.26. The molecule has 1 fully saturated rings. The molecule has 1 atom stereocenters. The second-order valence-electron chi connectivity index (χ2n) is 22.5. The molecular weight excluding hydrogens is 1300 g/mol. The Kier molecular flexibility index (Phi) is 34.8. The van der Waals surface area contributed by atoms with E-state index in [-0.39, 0.29) is 37.4 Å². The van der Waals surface area contributed by atoms with Crippen molar-refractivity contribution < 1.29 is 47.0 Å². The van der Waals surface area contributed by atoms with Crippen LogP contribution < -0.4 is 33.3 Å². The Morgan fingerprint density at radius 2 is 0.977 bits per heavy atom. The molecule has 2 heterocycles. The van der Waals surface area contributed by atoms with E-state index in [9.17, 15) is 4.39 Å². The van der Waals surface area contributed by atoms with E-state index >= 15 is 0 Å². The van der Waals surface area contributed by atoms with E-state index < -0.39 is 5.82 Å². The van der Waals surface area contributed by atoms with Crippen molar-refractivity contribution >= 4 is 91.2 Å². The summed E-state index contributed by atoms with van der Waals surface area (Å²) in [5, 5.41) is 3.46. The first-order valence-electron chi connectivity index (χ1n) is 29.1. The van der Waals surface area contributed by atoms with E-state index in [1.165, 1.54) is 37.1 Å². The van der Waals surface area contributed by atoms with Crippen molar-refractivity contribution in [1.82, 2.24) is 4.98 Å². The number of nitrogens with zero attached hydrogens (tertiary/aromatic N) is 2. The summed E-state index contributed by atoms with van der Waals surface area (Å²) >= 11 is 39.0. The molecule has 5 aromatic carbocycles. The Balaban J connectivity index is 0.000000273. The molecule has 1 saturated carbocycles. The molecule has 6 aromatic rings. The Morgan fingerprint density at radius 1 is 0.540 bits per heavy atom. The Labute approximate surface area is 557 Å². The third kappa shape index (κ3) is 26.3. The van der Waals surface area contributed by atoms with Crippen LogP contribution in [0.15, 0.2) is 89.5 Å². The maximum atomic E-state index is 13.2. The molecule has 0 spiro atoms. The van der Waals surface area contributed by atoms with Crippen LogP contribution in [0.1, 0.15) is 179 Å². The van der Waals surface area contributed by atoms with Crippen LogP contribution >= 0.6 is 85.5 Å². The number of methoxy groups -OCH3 is 3. The number of aromatic nitrogens is 1. The molecule has 1 aliphatic carbocycles. The van der Waals surface area contributed by atoms with Gasteiger partial charge < -0.3 is 47.5 Å². The largest absolute Gasteiger partial charge is 0.490 e. The third-order valence-corrected chi connectivity index (χ3v) is 15.2. The summed E-state index contributed by atoms with van der Waals surface area (Å²) in [5.74, 6) is 6.57. The van der Waals surface area contributed by atoms with Gasteiger partial charge >= 0.3 is 0 Å². The van der Waals surface area contributed by atoms with Crippen LogP contribution in [-0.4, -0.2) is 79.1 Å². The average molecular weight is 1390 g/mol. The van der Waals surface area contributed by atoms with Crippen molar-refractivity contribution in [1.29, 1.82) is 0 Å². The Bertz CT molecular complexity index is 2950. The molecular formula is C68H90BrCl6FN2O9. The molecule has 482 valence electrons. The predicted octanol–water partition coefficient (Wildman–Crippen LogP) is 22.2. The summed E-state index contributed by atoms with van der Waals surface area (Å²) in [6.45, 7) is 31.4. The van der Waals surface area contributed by atoms with E-state index in [0.717, 1.165) is 82.9 Å². The third-order valence-electron chi connectivity index (χ3n) is 13.0. The summed E-state index contributed by atoms with van der Waals surface area (Å²) in [4.78, 5) is 6.43. The number of anilines is 1. The first-order chi connectivity index (χ1) is 41.1. The van der Waals surface area contributed by atoms with Crippen molar-refractivity contribution in [2.24, 2.45) is 0 Å². The van der Waals surface area contributed by atoms with Crippen LogP contribution in [0, 0.1) is 5.82 Å². The van der Waals surface area contributed by atoms with Gasteiger partial charge in [0.25, 0.3) is 0 Å². The van der Waals surface area contributed by atoms with Gasteiger partial charge in [-0.1, -0.05) is 153 Å². The van der Waals surface area contributed by atoms with Crippen molar-refractivity contribution in [2.75, 3.05) is 66.8 Å². The lowest BCUT2D eigenvalue weighted by molar-refractivity contribution is 0.0499. The number of halogens is 8. The minimum Gasteiger partial charge on any atom is -0.490 e. The van der Waals surface area contributed by atoms with E-state index in [1.807, 2.05) is 75.4 Å². The summed E-state index contributed by atoms with van der Waals surface area (Å²) in [5.41, 5.74) is 7.67. The first kappa shape index (κ1) is 77.1. The summed E-state index contributed by atoms with van der Waals surface area (Å²) < 4.78 is 62.0. The van der Waals surface area contributed by atoms with Crippen molar-refractivity contribution in [3.63, 3.8) is 0 Å². The standard InChI is InChI=1S/C13H18ClNO.C12H15ClO.C11H14Cl2O2.C11H14ClFO2.C11H15ClO2.C10H14BrNO/c1-8(2)11-5-10(14)6-12-13(11)16-9(3)7-15(12)4;1-8(2)11-7-9(13)3-6-12(11)14-10-4-5-10;2*1-7(2)8-4-9(12)10(13)5-11(8)15-6-14-3;1-8(2)10-6-9(12)4-5-11(10)14-7-13-3;1-4-13-10-9(7(2)3)5-8(11)6-12-10/h5-6,8-9H,7H2,1-4H3;3,6-8,10H,4-5H2,1-2H3;2*4-5,7H,6H2,1-3H3;4-6,8H,7H2,1-3H3;5-7H,4H2,1-3H3. The van der Waals surface area contributed by atoms with Gasteiger partial charge in [-0.3, -0.25) is 0 Å². The first-order valence-corrected chi connectivity index (χ1v) is 32.2.